The zero-order valence-electron chi connectivity index (χ0n) is 14.3. The van der Waals surface area contributed by atoms with Crippen LogP contribution in [0.25, 0.3) is 6.08 Å². The van der Waals surface area contributed by atoms with Crippen LogP contribution in [0.2, 0.25) is 0 Å². The van der Waals surface area contributed by atoms with E-state index in [2.05, 4.69) is 5.32 Å². The number of nitrogens with zero attached hydrogens (tertiary/aromatic N) is 2. The van der Waals surface area contributed by atoms with Gasteiger partial charge in [0.1, 0.15) is 5.57 Å². The van der Waals surface area contributed by atoms with Gasteiger partial charge in [0, 0.05) is 18.4 Å². The van der Waals surface area contributed by atoms with Gasteiger partial charge in [-0.05, 0) is 50.1 Å². The van der Waals surface area contributed by atoms with Crippen LogP contribution < -0.4 is 10.2 Å². The minimum absolute atomic E-state index is 0.0654. The van der Waals surface area contributed by atoms with E-state index in [1.807, 2.05) is 42.9 Å². The maximum absolute atomic E-state index is 12.8. The highest BCUT2D eigenvalue weighted by atomic mass is 16.2. The normalized spacial score (nSPS) is 16.7. The second kappa shape index (κ2) is 6.39. The van der Waals surface area contributed by atoms with Crippen molar-refractivity contribution >= 4 is 29.6 Å². The van der Waals surface area contributed by atoms with Gasteiger partial charge >= 0.3 is 6.03 Å². The Morgan fingerprint density at radius 3 is 2.44 bits per heavy atom. The largest absolute Gasteiger partial charge is 0.351 e. The highest BCUT2D eigenvalue weighted by Gasteiger charge is 2.37. The molecule has 6 heteroatoms. The zero-order valence-corrected chi connectivity index (χ0v) is 14.3. The first-order valence-corrected chi connectivity index (χ1v) is 8.03. The molecule has 25 heavy (non-hydrogen) atoms. The Labute approximate surface area is 145 Å². The van der Waals surface area contributed by atoms with Crippen molar-refractivity contribution in [2.45, 2.75) is 26.8 Å². The Balaban J connectivity index is 2.00. The highest BCUT2D eigenvalue weighted by molar-refractivity contribution is 6.39. The van der Waals surface area contributed by atoms with E-state index in [1.165, 1.54) is 6.08 Å². The lowest BCUT2D eigenvalue weighted by Crippen LogP contribution is -2.54. The number of aromatic nitrogens is 1. The molecule has 3 rings (SSSR count). The fourth-order valence-corrected chi connectivity index (χ4v) is 2.69. The smallest absolute Gasteiger partial charge is 0.335 e. The van der Waals surface area contributed by atoms with Gasteiger partial charge < -0.3 is 4.57 Å². The first kappa shape index (κ1) is 16.7. The Hall–Kier alpha value is -3.15. The lowest BCUT2D eigenvalue weighted by Gasteiger charge is -2.27. The molecule has 128 valence electrons. The molecule has 2 heterocycles. The molecular weight excluding hydrogens is 318 g/mol. The molecule has 1 aromatic heterocycles. The van der Waals surface area contributed by atoms with E-state index in [1.54, 1.807) is 25.1 Å². The Kier molecular flexibility index (Phi) is 4.27. The van der Waals surface area contributed by atoms with Crippen LogP contribution in [0.1, 0.15) is 31.0 Å². The molecule has 0 atom stereocenters. The van der Waals surface area contributed by atoms with E-state index in [9.17, 15) is 14.4 Å². The first-order valence-electron chi connectivity index (χ1n) is 8.03. The predicted octanol–water partition coefficient (Wildman–Crippen LogP) is 3.04. The molecule has 0 radical (unpaired) electrons. The van der Waals surface area contributed by atoms with Crippen molar-refractivity contribution in [2.24, 2.45) is 0 Å². The molecule has 0 unspecified atom stereocenters. The van der Waals surface area contributed by atoms with E-state index in [0.29, 0.717) is 5.69 Å². The van der Waals surface area contributed by atoms with Gasteiger partial charge in [-0.3, -0.25) is 14.9 Å². The van der Waals surface area contributed by atoms with Crippen LogP contribution in [0, 0.1) is 6.92 Å². The number of nitrogens with one attached hydrogen (secondary N) is 1. The van der Waals surface area contributed by atoms with E-state index in [-0.39, 0.29) is 11.6 Å². The third-order valence-corrected chi connectivity index (χ3v) is 4.10. The van der Waals surface area contributed by atoms with Crippen molar-refractivity contribution in [2.75, 3.05) is 4.90 Å². The summed E-state index contributed by atoms with van der Waals surface area (Å²) in [5, 5.41) is 2.24. The fraction of sp³-hybridized carbons (Fsp3) is 0.211. The molecule has 2 aromatic rings. The average Bonchev–Trinajstić information content (AvgIpc) is 3.02. The lowest BCUT2D eigenvalue weighted by atomic mass is 10.1. The van der Waals surface area contributed by atoms with Crippen LogP contribution in [-0.4, -0.2) is 22.4 Å². The first-order chi connectivity index (χ1) is 11.9. The number of carbonyl (C=O) groups excluding carboxylic acids is 3. The summed E-state index contributed by atoms with van der Waals surface area (Å²) in [6, 6.07) is 8.40. The Morgan fingerprint density at radius 1 is 1.08 bits per heavy atom. The topological polar surface area (TPSA) is 71.4 Å². The maximum atomic E-state index is 12.8. The number of hydrogen-bond acceptors (Lipinski definition) is 3. The van der Waals surface area contributed by atoms with Crippen molar-refractivity contribution in [3.05, 3.63) is 59.4 Å². The summed E-state index contributed by atoms with van der Waals surface area (Å²) in [6.45, 7) is 5.88. The summed E-state index contributed by atoms with van der Waals surface area (Å²) in [5.74, 6) is -1.31. The van der Waals surface area contributed by atoms with Gasteiger partial charge in [-0.15, -0.1) is 0 Å². The number of barbiturate groups is 1. The van der Waals surface area contributed by atoms with Crippen LogP contribution in [0.3, 0.4) is 0 Å². The summed E-state index contributed by atoms with van der Waals surface area (Å²) in [6.07, 6.45) is 5.24. The lowest BCUT2D eigenvalue weighted by molar-refractivity contribution is -0.122. The van der Waals surface area contributed by atoms with Crippen molar-refractivity contribution in [1.82, 2.24) is 9.88 Å². The number of anilines is 1. The van der Waals surface area contributed by atoms with Crippen molar-refractivity contribution in [3.8, 4) is 0 Å². The minimum atomic E-state index is -0.735. The maximum Gasteiger partial charge on any atom is 0.335 e. The summed E-state index contributed by atoms with van der Waals surface area (Å²) >= 11 is 0. The number of benzene rings is 1. The minimum Gasteiger partial charge on any atom is -0.351 e. The molecule has 6 nitrogen and oxygen atoms in total. The number of aryl methyl sites for hydroxylation is 1. The molecule has 1 saturated heterocycles. The molecule has 0 aliphatic carbocycles. The van der Waals surface area contributed by atoms with Crippen LogP contribution in [0.4, 0.5) is 10.5 Å². The van der Waals surface area contributed by atoms with E-state index in [4.69, 9.17) is 0 Å². The van der Waals surface area contributed by atoms with Gasteiger partial charge in [-0.2, -0.15) is 0 Å². The molecule has 1 aliphatic heterocycles. The molecule has 0 saturated carbocycles. The monoisotopic (exact) mass is 337 g/mol. The molecule has 1 N–H and O–H groups in total. The quantitative estimate of drug-likeness (QED) is 0.691. The Bertz CT molecular complexity index is 893. The van der Waals surface area contributed by atoms with Gasteiger partial charge in [0.25, 0.3) is 11.8 Å². The van der Waals surface area contributed by atoms with Crippen molar-refractivity contribution in [3.63, 3.8) is 0 Å². The summed E-state index contributed by atoms with van der Waals surface area (Å²) in [7, 11) is 0. The van der Waals surface area contributed by atoms with Crippen LogP contribution in [-0.2, 0) is 9.59 Å². The van der Waals surface area contributed by atoms with E-state index >= 15 is 0 Å². The third-order valence-electron chi connectivity index (χ3n) is 4.10. The van der Waals surface area contributed by atoms with Crippen molar-refractivity contribution in [1.29, 1.82) is 0 Å². The van der Waals surface area contributed by atoms with E-state index in [0.717, 1.165) is 16.0 Å². The number of amides is 4. The second-order valence-electron chi connectivity index (χ2n) is 6.23. The van der Waals surface area contributed by atoms with E-state index < -0.39 is 17.8 Å². The van der Waals surface area contributed by atoms with Gasteiger partial charge in [0.15, 0.2) is 0 Å². The standard InChI is InChI=1S/C19H19N3O3/c1-12(2)21-9-8-14(11-21)10-15-17(23)20-19(25)22(18(15)24)16-7-5-4-6-13(16)3/h4-12H,1-3H3,(H,20,23,25)/b15-10-. The van der Waals surface area contributed by atoms with Crippen LogP contribution >= 0.6 is 0 Å². The molecule has 1 aliphatic rings. The molecular formula is C19H19N3O3. The number of carbonyl (C=O) groups is 3. The van der Waals surface area contributed by atoms with Crippen LogP contribution in [0.15, 0.2) is 48.3 Å². The van der Waals surface area contributed by atoms with Crippen molar-refractivity contribution < 1.29 is 14.4 Å². The zero-order chi connectivity index (χ0) is 18.1. The van der Waals surface area contributed by atoms with Gasteiger partial charge in [-0.1, -0.05) is 18.2 Å². The summed E-state index contributed by atoms with van der Waals surface area (Å²) in [5.41, 5.74) is 1.89. The second-order valence-corrected chi connectivity index (χ2v) is 6.23. The van der Waals surface area contributed by atoms with Gasteiger partial charge in [0.05, 0.1) is 5.69 Å². The predicted molar refractivity (Wildman–Crippen MR) is 95.0 cm³/mol. The van der Waals surface area contributed by atoms with Gasteiger partial charge in [-0.25, -0.2) is 9.69 Å². The number of imide groups is 2. The molecule has 1 aromatic carbocycles. The molecule has 0 spiro atoms. The molecule has 1 fully saturated rings. The fourth-order valence-electron chi connectivity index (χ4n) is 2.69. The Morgan fingerprint density at radius 2 is 1.80 bits per heavy atom. The van der Waals surface area contributed by atoms with Crippen LogP contribution in [0.5, 0.6) is 0 Å². The summed E-state index contributed by atoms with van der Waals surface area (Å²) < 4.78 is 1.97. The number of rotatable bonds is 3. The van der Waals surface area contributed by atoms with Gasteiger partial charge in [0.2, 0.25) is 0 Å². The summed E-state index contributed by atoms with van der Waals surface area (Å²) in [4.78, 5) is 38.2. The SMILES string of the molecule is Cc1ccccc1N1C(=O)NC(=O)/C(=C/c2ccn(C(C)C)c2)C1=O. The number of hydrogen-bond donors (Lipinski definition) is 1. The average molecular weight is 337 g/mol. The molecule has 0 bridgehead atoms. The number of urea groups is 1. The number of para-hydroxylation sites is 1. The molecule has 4 amide bonds. The highest BCUT2D eigenvalue weighted by Crippen LogP contribution is 2.25. The third kappa shape index (κ3) is 3.10.